The highest BCUT2D eigenvalue weighted by atomic mass is 35.5. The van der Waals surface area contributed by atoms with Crippen LogP contribution in [-0.2, 0) is 6.42 Å². The Morgan fingerprint density at radius 3 is 2.62 bits per heavy atom. The Morgan fingerprint density at radius 2 is 1.78 bits per heavy atom. The minimum atomic E-state index is -0.250. The molecule has 8 heteroatoms. The molecule has 5 aromatic rings. The summed E-state index contributed by atoms with van der Waals surface area (Å²) in [7, 11) is 0. The largest absolute Gasteiger partial charge is 0.322 e. The summed E-state index contributed by atoms with van der Waals surface area (Å²) in [6.45, 7) is 0.514. The second-order valence-corrected chi connectivity index (χ2v) is 10.00. The Kier molecular flexibility index (Phi) is 6.08. The van der Waals surface area contributed by atoms with Gasteiger partial charge in [-0.15, -0.1) is 11.3 Å². The molecule has 0 radical (unpaired) electrons. The van der Waals surface area contributed by atoms with Gasteiger partial charge in [0, 0.05) is 23.4 Å². The lowest BCUT2D eigenvalue weighted by atomic mass is 9.99. The van der Waals surface area contributed by atoms with Crippen molar-refractivity contribution < 1.29 is 9.59 Å². The predicted molar refractivity (Wildman–Crippen MR) is 149 cm³/mol. The van der Waals surface area contributed by atoms with E-state index in [-0.39, 0.29) is 16.8 Å². The molecule has 0 aliphatic carbocycles. The van der Waals surface area contributed by atoms with Crippen LogP contribution in [0.25, 0.3) is 21.7 Å². The van der Waals surface area contributed by atoms with Gasteiger partial charge in [0.05, 0.1) is 33.0 Å². The molecule has 182 valence electrons. The van der Waals surface area contributed by atoms with Crippen molar-refractivity contribution in [3.63, 3.8) is 0 Å². The second-order valence-electron chi connectivity index (χ2n) is 8.67. The lowest BCUT2D eigenvalue weighted by Gasteiger charge is -2.22. The minimum Gasteiger partial charge on any atom is -0.322 e. The maximum Gasteiger partial charge on any atom is 0.259 e. The number of hydrogen-bond donors (Lipinski definition) is 2. The van der Waals surface area contributed by atoms with Crippen molar-refractivity contribution in [3.05, 3.63) is 112 Å². The average molecular weight is 525 g/mol. The van der Waals surface area contributed by atoms with Crippen molar-refractivity contribution in [2.45, 2.75) is 6.42 Å². The molecule has 1 aliphatic heterocycles. The standard InChI is InChI=1S/C29H21ClN4O2S/c30-24-16-20(32-28(35)22-9-5-4-8-21(22)18-6-2-1-3-7-18)10-11-23(24)29(36)34-14-12-19-17-31-33-26(19)27-25(34)13-15-37-27/h1-11,13,15-17H,12,14H2,(H,31,33)(H,32,35). The summed E-state index contributed by atoms with van der Waals surface area (Å²) in [5, 5.41) is 12.4. The van der Waals surface area contributed by atoms with Crippen LogP contribution >= 0.6 is 22.9 Å². The summed E-state index contributed by atoms with van der Waals surface area (Å²) in [6.07, 6.45) is 2.50. The summed E-state index contributed by atoms with van der Waals surface area (Å²) >= 11 is 8.17. The molecule has 0 bridgehead atoms. The van der Waals surface area contributed by atoms with Crippen LogP contribution in [0.2, 0.25) is 5.02 Å². The number of thiophene rings is 1. The molecular weight excluding hydrogens is 504 g/mol. The van der Waals surface area contributed by atoms with Crippen LogP contribution in [0.4, 0.5) is 11.4 Å². The van der Waals surface area contributed by atoms with E-state index in [9.17, 15) is 9.59 Å². The SMILES string of the molecule is O=C(Nc1ccc(C(=O)N2CCc3cn[nH]c3-c3sccc32)c(Cl)c1)c1ccccc1-c1ccccc1. The van der Waals surface area contributed by atoms with E-state index in [2.05, 4.69) is 15.5 Å². The van der Waals surface area contributed by atoms with E-state index >= 15 is 0 Å². The van der Waals surface area contributed by atoms with Gasteiger partial charge in [-0.25, -0.2) is 0 Å². The molecule has 0 spiro atoms. The summed E-state index contributed by atoms with van der Waals surface area (Å²) in [5.41, 5.74) is 6.12. The van der Waals surface area contributed by atoms with Gasteiger partial charge in [0.2, 0.25) is 0 Å². The molecule has 6 rings (SSSR count). The van der Waals surface area contributed by atoms with Crippen LogP contribution in [-0.4, -0.2) is 28.6 Å². The highest BCUT2D eigenvalue weighted by Gasteiger charge is 2.28. The topological polar surface area (TPSA) is 78.1 Å². The Hall–Kier alpha value is -4.20. The maximum absolute atomic E-state index is 13.6. The monoisotopic (exact) mass is 524 g/mol. The van der Waals surface area contributed by atoms with Crippen LogP contribution < -0.4 is 10.2 Å². The van der Waals surface area contributed by atoms with Crippen molar-refractivity contribution in [1.29, 1.82) is 0 Å². The number of fused-ring (bicyclic) bond motifs is 3. The van der Waals surface area contributed by atoms with E-state index in [0.29, 0.717) is 29.8 Å². The van der Waals surface area contributed by atoms with Crippen LogP contribution in [0.15, 0.2) is 90.4 Å². The van der Waals surface area contributed by atoms with Crippen LogP contribution in [0, 0.1) is 0 Å². The number of rotatable bonds is 4. The smallest absolute Gasteiger partial charge is 0.259 e. The van der Waals surface area contributed by atoms with Crippen LogP contribution in [0.5, 0.6) is 0 Å². The molecule has 0 unspecified atom stereocenters. The first-order chi connectivity index (χ1) is 18.1. The van der Waals surface area contributed by atoms with Crippen molar-refractivity contribution in [2.75, 3.05) is 16.8 Å². The first kappa shape index (κ1) is 23.2. The first-order valence-electron chi connectivity index (χ1n) is 11.8. The Labute approximate surface area is 222 Å². The zero-order valence-electron chi connectivity index (χ0n) is 19.6. The molecule has 2 N–H and O–H groups in total. The molecule has 2 aromatic heterocycles. The Bertz CT molecular complexity index is 1630. The maximum atomic E-state index is 13.6. The molecule has 0 saturated carbocycles. The van der Waals surface area contributed by atoms with Crippen molar-refractivity contribution in [2.24, 2.45) is 0 Å². The van der Waals surface area contributed by atoms with Crippen molar-refractivity contribution in [1.82, 2.24) is 10.2 Å². The number of aromatic amines is 1. The number of hydrogen-bond acceptors (Lipinski definition) is 4. The second kappa shape index (κ2) is 9.69. The molecule has 2 amide bonds. The number of H-pyrrole nitrogens is 1. The van der Waals surface area contributed by atoms with Crippen LogP contribution in [0.1, 0.15) is 26.3 Å². The van der Waals surface area contributed by atoms with Gasteiger partial charge >= 0.3 is 0 Å². The summed E-state index contributed by atoms with van der Waals surface area (Å²) in [5.74, 6) is -0.435. The van der Waals surface area contributed by atoms with E-state index in [1.54, 1.807) is 40.5 Å². The fourth-order valence-electron chi connectivity index (χ4n) is 4.62. The van der Waals surface area contributed by atoms with Gasteiger partial charge in [0.1, 0.15) is 0 Å². The van der Waals surface area contributed by atoms with Gasteiger partial charge in [-0.3, -0.25) is 14.7 Å². The fraction of sp³-hybridized carbons (Fsp3) is 0.0690. The van der Waals surface area contributed by atoms with Gasteiger partial charge in [-0.2, -0.15) is 5.10 Å². The molecule has 6 nitrogen and oxygen atoms in total. The average Bonchev–Trinajstić information content (AvgIpc) is 3.56. The van der Waals surface area contributed by atoms with Gasteiger partial charge in [0.25, 0.3) is 11.8 Å². The third kappa shape index (κ3) is 4.33. The van der Waals surface area contributed by atoms with E-state index < -0.39 is 0 Å². The zero-order valence-corrected chi connectivity index (χ0v) is 21.1. The van der Waals surface area contributed by atoms with Gasteiger partial charge in [0.15, 0.2) is 0 Å². The van der Waals surface area contributed by atoms with Gasteiger partial charge in [-0.05, 0) is 53.3 Å². The lowest BCUT2D eigenvalue weighted by molar-refractivity contribution is 0.0986. The third-order valence-corrected chi connectivity index (χ3v) is 7.68. The first-order valence-corrected chi connectivity index (χ1v) is 13.0. The van der Waals surface area contributed by atoms with E-state index in [1.807, 2.05) is 66.2 Å². The number of aromatic nitrogens is 2. The molecule has 0 fully saturated rings. The summed E-state index contributed by atoms with van der Waals surface area (Å²) in [4.78, 5) is 29.5. The molecule has 3 aromatic carbocycles. The van der Waals surface area contributed by atoms with Crippen LogP contribution in [0.3, 0.4) is 0 Å². The number of nitrogens with one attached hydrogen (secondary N) is 2. The summed E-state index contributed by atoms with van der Waals surface area (Å²) in [6, 6.07) is 24.2. The number of amides is 2. The Balaban J connectivity index is 1.25. The predicted octanol–water partition coefficient (Wildman–Crippen LogP) is 6.91. The fourth-order valence-corrected chi connectivity index (χ4v) is 5.81. The number of benzene rings is 3. The Morgan fingerprint density at radius 1 is 0.973 bits per heavy atom. The molecule has 0 atom stereocenters. The third-order valence-electron chi connectivity index (χ3n) is 6.44. The minimum absolute atomic E-state index is 0.185. The number of carbonyl (C=O) groups is 2. The van der Waals surface area contributed by atoms with Gasteiger partial charge < -0.3 is 10.2 Å². The molecular formula is C29H21ClN4O2S. The number of carbonyl (C=O) groups excluding carboxylic acids is 2. The highest BCUT2D eigenvalue weighted by molar-refractivity contribution is 7.14. The normalized spacial score (nSPS) is 12.4. The van der Waals surface area contributed by atoms with E-state index in [4.69, 9.17) is 11.6 Å². The number of nitrogens with zero attached hydrogens (tertiary/aromatic N) is 2. The van der Waals surface area contributed by atoms with E-state index in [0.717, 1.165) is 32.9 Å². The molecule has 3 heterocycles. The molecule has 1 aliphatic rings. The van der Waals surface area contributed by atoms with Crippen molar-refractivity contribution in [3.8, 4) is 21.7 Å². The quantitative estimate of drug-likeness (QED) is 0.268. The molecule has 37 heavy (non-hydrogen) atoms. The lowest BCUT2D eigenvalue weighted by Crippen LogP contribution is -2.32. The number of anilines is 2. The van der Waals surface area contributed by atoms with Crippen molar-refractivity contribution >= 4 is 46.1 Å². The van der Waals surface area contributed by atoms with E-state index in [1.165, 1.54) is 0 Å². The van der Waals surface area contributed by atoms with Gasteiger partial charge in [-0.1, -0.05) is 60.1 Å². The number of halogens is 1. The summed E-state index contributed by atoms with van der Waals surface area (Å²) < 4.78 is 0. The zero-order chi connectivity index (χ0) is 25.4. The molecule has 0 saturated heterocycles. The highest BCUT2D eigenvalue weighted by Crippen LogP contribution is 2.40.